The average molecular weight is 253 g/mol. The second-order valence-electron chi connectivity index (χ2n) is 3.52. The largest absolute Gasteiger partial charge is 0.461 e. The molecule has 0 unspecified atom stereocenters. The van der Waals surface area contributed by atoms with Gasteiger partial charge >= 0.3 is 5.97 Å². The van der Waals surface area contributed by atoms with Gasteiger partial charge in [0.1, 0.15) is 18.8 Å². The average Bonchev–Trinajstić information content (AvgIpc) is 2.26. The van der Waals surface area contributed by atoms with Crippen LogP contribution in [0.5, 0.6) is 0 Å². The molecule has 17 heavy (non-hydrogen) atoms. The third kappa shape index (κ3) is 5.88. The second-order valence-corrected chi connectivity index (χ2v) is 3.95. The molecule has 0 spiro atoms. The zero-order chi connectivity index (χ0) is 12.7. The van der Waals surface area contributed by atoms with E-state index in [1.54, 1.807) is 18.2 Å². The lowest BCUT2D eigenvalue weighted by molar-refractivity contribution is -0.144. The molecule has 1 aromatic carbocycles. The van der Waals surface area contributed by atoms with Crippen LogP contribution in [0, 0.1) is 0 Å². The Bertz CT molecular complexity index is 421. The van der Waals surface area contributed by atoms with Crippen molar-refractivity contribution < 1.29 is 14.3 Å². The first-order valence-electron chi connectivity index (χ1n) is 5.15. The van der Waals surface area contributed by atoms with Gasteiger partial charge in [-0.3, -0.25) is 9.59 Å². The molecule has 0 heterocycles. The van der Waals surface area contributed by atoms with Crippen molar-refractivity contribution in [2.75, 3.05) is 6.61 Å². The van der Waals surface area contributed by atoms with Crippen LogP contribution in [0.2, 0.25) is 5.02 Å². The SMILES string of the molecule is CC(=O)CC(=O)OC/C=C/c1ccc(Cl)cc1. The van der Waals surface area contributed by atoms with Crippen molar-refractivity contribution in [3.05, 3.63) is 40.9 Å². The van der Waals surface area contributed by atoms with Crippen LogP contribution in [0.25, 0.3) is 6.08 Å². The molecule has 0 atom stereocenters. The van der Waals surface area contributed by atoms with E-state index in [2.05, 4.69) is 0 Å². The molecule has 90 valence electrons. The van der Waals surface area contributed by atoms with Crippen molar-refractivity contribution in [2.24, 2.45) is 0 Å². The molecular formula is C13H13ClO3. The number of esters is 1. The van der Waals surface area contributed by atoms with E-state index in [1.165, 1.54) is 6.92 Å². The summed E-state index contributed by atoms with van der Waals surface area (Å²) >= 11 is 5.74. The standard InChI is InChI=1S/C13H13ClO3/c1-10(15)9-13(16)17-8-2-3-11-4-6-12(14)7-5-11/h2-7H,8-9H2,1H3/b3-2+. The lowest BCUT2D eigenvalue weighted by atomic mass is 10.2. The lowest BCUT2D eigenvalue weighted by Gasteiger charge is -1.99. The first kappa shape index (κ1) is 13.5. The summed E-state index contributed by atoms with van der Waals surface area (Å²) in [6.45, 7) is 1.51. The highest BCUT2D eigenvalue weighted by Crippen LogP contribution is 2.10. The van der Waals surface area contributed by atoms with Crippen molar-refractivity contribution in [1.29, 1.82) is 0 Å². The highest BCUT2D eigenvalue weighted by molar-refractivity contribution is 6.30. The molecule has 0 aromatic heterocycles. The quantitative estimate of drug-likeness (QED) is 0.598. The fourth-order valence-electron chi connectivity index (χ4n) is 1.15. The van der Waals surface area contributed by atoms with Crippen LogP contribution in [-0.2, 0) is 14.3 Å². The summed E-state index contributed by atoms with van der Waals surface area (Å²) in [5, 5.41) is 0.676. The van der Waals surface area contributed by atoms with Gasteiger partial charge in [-0.05, 0) is 30.7 Å². The summed E-state index contributed by atoms with van der Waals surface area (Å²) in [5.74, 6) is -0.699. The minimum Gasteiger partial charge on any atom is -0.461 e. The highest BCUT2D eigenvalue weighted by atomic mass is 35.5. The number of rotatable bonds is 5. The topological polar surface area (TPSA) is 43.4 Å². The van der Waals surface area contributed by atoms with Crippen molar-refractivity contribution in [3.8, 4) is 0 Å². The molecule has 1 aromatic rings. The van der Waals surface area contributed by atoms with Crippen LogP contribution in [-0.4, -0.2) is 18.4 Å². The van der Waals surface area contributed by atoms with E-state index in [0.29, 0.717) is 5.02 Å². The molecule has 1 rings (SSSR count). The van der Waals surface area contributed by atoms with E-state index in [-0.39, 0.29) is 18.8 Å². The van der Waals surface area contributed by atoms with E-state index in [1.807, 2.05) is 18.2 Å². The Morgan fingerprint density at radius 2 is 1.94 bits per heavy atom. The zero-order valence-corrected chi connectivity index (χ0v) is 10.2. The fraction of sp³-hybridized carbons (Fsp3) is 0.231. The van der Waals surface area contributed by atoms with E-state index in [0.717, 1.165) is 5.56 Å². The van der Waals surface area contributed by atoms with Gasteiger partial charge in [0.05, 0.1) is 0 Å². The molecule has 0 aliphatic heterocycles. The van der Waals surface area contributed by atoms with Gasteiger partial charge in [0.15, 0.2) is 0 Å². The number of hydrogen-bond donors (Lipinski definition) is 0. The first-order valence-corrected chi connectivity index (χ1v) is 5.53. The minimum absolute atomic E-state index is 0.161. The van der Waals surface area contributed by atoms with Gasteiger partial charge in [0.25, 0.3) is 0 Å². The van der Waals surface area contributed by atoms with Gasteiger partial charge in [0.2, 0.25) is 0 Å². The summed E-state index contributed by atoms with van der Waals surface area (Å²) in [5.41, 5.74) is 0.969. The minimum atomic E-state index is -0.502. The molecule has 0 saturated carbocycles. The Kier molecular flexibility index (Phi) is 5.43. The Morgan fingerprint density at radius 3 is 2.53 bits per heavy atom. The Labute approximate surface area is 105 Å². The summed E-state index contributed by atoms with van der Waals surface area (Å²) in [6, 6.07) is 7.28. The highest BCUT2D eigenvalue weighted by Gasteiger charge is 2.04. The fourth-order valence-corrected chi connectivity index (χ4v) is 1.28. The Hall–Kier alpha value is -1.61. The van der Waals surface area contributed by atoms with E-state index >= 15 is 0 Å². The predicted molar refractivity (Wildman–Crippen MR) is 66.7 cm³/mol. The summed E-state index contributed by atoms with van der Waals surface area (Å²) in [4.78, 5) is 21.6. The first-order chi connectivity index (χ1) is 8.08. The summed E-state index contributed by atoms with van der Waals surface area (Å²) in [6.07, 6.45) is 3.35. The van der Waals surface area contributed by atoms with Gasteiger partial charge in [-0.15, -0.1) is 0 Å². The van der Waals surface area contributed by atoms with Crippen LogP contribution >= 0.6 is 11.6 Å². The molecule has 4 heteroatoms. The van der Waals surface area contributed by atoms with E-state index < -0.39 is 5.97 Å². The molecule has 0 N–H and O–H groups in total. The number of ketones is 1. The van der Waals surface area contributed by atoms with Gasteiger partial charge in [-0.25, -0.2) is 0 Å². The van der Waals surface area contributed by atoms with Crippen LogP contribution in [0.4, 0.5) is 0 Å². The van der Waals surface area contributed by atoms with Gasteiger partial charge in [-0.1, -0.05) is 29.8 Å². The molecule has 0 radical (unpaired) electrons. The molecule has 0 saturated heterocycles. The maximum absolute atomic E-state index is 11.0. The maximum Gasteiger partial charge on any atom is 0.313 e. The number of Topliss-reactive ketones (excluding diaryl/α,β-unsaturated/α-hetero) is 1. The number of carbonyl (C=O) groups excluding carboxylic acids is 2. The van der Waals surface area contributed by atoms with Crippen LogP contribution in [0.1, 0.15) is 18.9 Å². The molecular weight excluding hydrogens is 240 g/mol. The van der Waals surface area contributed by atoms with Crippen molar-refractivity contribution in [3.63, 3.8) is 0 Å². The van der Waals surface area contributed by atoms with Crippen molar-refractivity contribution >= 4 is 29.4 Å². The third-order valence-corrected chi connectivity index (χ3v) is 2.17. The molecule has 0 bridgehead atoms. The number of hydrogen-bond acceptors (Lipinski definition) is 3. The van der Waals surface area contributed by atoms with E-state index in [4.69, 9.17) is 16.3 Å². The summed E-state index contributed by atoms with van der Waals surface area (Å²) in [7, 11) is 0. The Balaban J connectivity index is 2.33. The molecule has 0 fully saturated rings. The van der Waals surface area contributed by atoms with Gasteiger partial charge in [0, 0.05) is 5.02 Å². The third-order valence-electron chi connectivity index (χ3n) is 1.91. The Morgan fingerprint density at radius 1 is 1.29 bits per heavy atom. The number of halogens is 1. The van der Waals surface area contributed by atoms with Gasteiger partial charge in [-0.2, -0.15) is 0 Å². The second kappa shape index (κ2) is 6.86. The molecule has 3 nitrogen and oxygen atoms in total. The van der Waals surface area contributed by atoms with Crippen LogP contribution in [0.3, 0.4) is 0 Å². The van der Waals surface area contributed by atoms with Crippen molar-refractivity contribution in [1.82, 2.24) is 0 Å². The maximum atomic E-state index is 11.0. The predicted octanol–water partition coefficient (Wildman–Crippen LogP) is 2.88. The van der Waals surface area contributed by atoms with E-state index in [9.17, 15) is 9.59 Å². The van der Waals surface area contributed by atoms with Gasteiger partial charge < -0.3 is 4.74 Å². The normalized spacial score (nSPS) is 10.5. The summed E-state index contributed by atoms with van der Waals surface area (Å²) < 4.78 is 4.83. The zero-order valence-electron chi connectivity index (χ0n) is 9.48. The molecule has 0 amide bonds. The molecule has 0 aliphatic carbocycles. The smallest absolute Gasteiger partial charge is 0.313 e. The monoisotopic (exact) mass is 252 g/mol. The van der Waals surface area contributed by atoms with Crippen LogP contribution < -0.4 is 0 Å². The number of carbonyl (C=O) groups is 2. The number of benzene rings is 1. The van der Waals surface area contributed by atoms with Crippen molar-refractivity contribution in [2.45, 2.75) is 13.3 Å². The number of ether oxygens (including phenoxy) is 1. The molecule has 0 aliphatic rings. The van der Waals surface area contributed by atoms with Crippen LogP contribution in [0.15, 0.2) is 30.3 Å². The lowest BCUT2D eigenvalue weighted by Crippen LogP contribution is -2.08.